The van der Waals surface area contributed by atoms with Crippen LogP contribution in [0.5, 0.6) is 0 Å². The molecular weight excluding hydrogens is 438 g/mol. The summed E-state index contributed by atoms with van der Waals surface area (Å²) in [5.41, 5.74) is -1.74. The smallest absolute Gasteiger partial charge is 0.384 e. The number of hydrogen-bond acceptors (Lipinski definition) is 5. The van der Waals surface area contributed by atoms with Gasteiger partial charge in [0.25, 0.3) is 0 Å². The monoisotopic (exact) mass is 452 g/mol. The Morgan fingerprint density at radius 2 is 1.57 bits per heavy atom. The van der Waals surface area contributed by atoms with Gasteiger partial charge in [-0.1, -0.05) is 0 Å². The van der Waals surface area contributed by atoms with Crippen LogP contribution in [0.4, 0.5) is 32.0 Å². The van der Waals surface area contributed by atoms with Gasteiger partial charge in [0.1, 0.15) is 11.9 Å². The van der Waals surface area contributed by atoms with E-state index < -0.39 is 51.2 Å². The lowest BCUT2D eigenvalue weighted by Gasteiger charge is -2.44. The summed E-state index contributed by atoms with van der Waals surface area (Å²) in [5, 5.41) is 14.3. The molecule has 0 radical (unpaired) electrons. The van der Waals surface area contributed by atoms with Crippen LogP contribution in [0.1, 0.15) is 19.3 Å². The second-order valence-corrected chi connectivity index (χ2v) is 8.33. The van der Waals surface area contributed by atoms with Gasteiger partial charge in [-0.25, -0.2) is 13.6 Å². The first-order chi connectivity index (χ1) is 13.7. The Morgan fingerprint density at radius 1 is 1.03 bits per heavy atom. The number of primary sulfonamides is 1. The molecule has 6 nitrogen and oxygen atoms in total. The minimum atomic E-state index is -5.85. The predicted octanol–water partition coefficient (Wildman–Crippen LogP) is 3.40. The van der Waals surface area contributed by atoms with Gasteiger partial charge in [0.2, 0.25) is 15.4 Å². The molecule has 1 heterocycles. The third kappa shape index (κ3) is 2.93. The Labute approximate surface area is 167 Å². The molecule has 0 saturated carbocycles. The molecule has 1 aliphatic heterocycles. The first-order valence-electron chi connectivity index (χ1n) is 8.37. The highest BCUT2D eigenvalue weighted by Crippen LogP contribution is 2.65. The van der Waals surface area contributed by atoms with E-state index in [1.54, 1.807) is 0 Å². The van der Waals surface area contributed by atoms with Crippen LogP contribution in [0, 0.1) is 16.7 Å². The first kappa shape index (κ1) is 22.0. The lowest BCUT2D eigenvalue weighted by Crippen LogP contribution is -2.56. The molecular formula is C17H14F6N4O2S. The maximum atomic E-state index is 14.0. The van der Waals surface area contributed by atoms with Crippen molar-refractivity contribution in [2.75, 3.05) is 4.90 Å². The van der Waals surface area contributed by atoms with Gasteiger partial charge in [-0.2, -0.15) is 31.6 Å². The van der Waals surface area contributed by atoms with Gasteiger partial charge in [-0.15, -0.1) is 0 Å². The maximum absolute atomic E-state index is 14.0. The van der Waals surface area contributed by atoms with Crippen LogP contribution in [0.2, 0.25) is 0 Å². The van der Waals surface area contributed by atoms with E-state index in [0.717, 1.165) is 35.2 Å². The molecule has 1 aromatic rings. The van der Waals surface area contributed by atoms with Gasteiger partial charge >= 0.3 is 12.4 Å². The fraction of sp³-hybridized carbons (Fsp3) is 0.353. The predicted molar refractivity (Wildman–Crippen MR) is 92.5 cm³/mol. The average molecular weight is 452 g/mol. The van der Waals surface area contributed by atoms with Crippen molar-refractivity contribution in [3.8, 4) is 6.07 Å². The van der Waals surface area contributed by atoms with E-state index in [4.69, 9.17) is 10.9 Å². The number of anilines is 1. The quantitative estimate of drug-likeness (QED) is 0.668. The number of allylic oxidation sites excluding steroid dienone is 3. The number of benzene rings is 1. The minimum Gasteiger partial charge on any atom is -0.384 e. The Hall–Kier alpha value is -2.72. The zero-order valence-corrected chi connectivity index (χ0v) is 15.8. The fourth-order valence-corrected chi connectivity index (χ4v) is 4.50. The van der Waals surface area contributed by atoms with Crippen LogP contribution < -0.4 is 15.8 Å². The van der Waals surface area contributed by atoms with E-state index in [9.17, 15) is 40.0 Å². The minimum absolute atomic E-state index is 0.000000945. The van der Waals surface area contributed by atoms with Crippen LogP contribution in [0.3, 0.4) is 0 Å². The van der Waals surface area contributed by atoms with Crippen molar-refractivity contribution in [3.05, 3.63) is 46.9 Å². The largest absolute Gasteiger partial charge is 0.411 e. The van der Waals surface area contributed by atoms with Crippen LogP contribution in [-0.2, 0) is 10.0 Å². The molecule has 0 bridgehead atoms. The summed E-state index contributed by atoms with van der Waals surface area (Å²) in [4.78, 5) is 0.621. The highest BCUT2D eigenvalue weighted by molar-refractivity contribution is 7.89. The molecule has 30 heavy (non-hydrogen) atoms. The van der Waals surface area contributed by atoms with Crippen molar-refractivity contribution < 1.29 is 34.8 Å². The van der Waals surface area contributed by atoms with Crippen LogP contribution in [0.15, 0.2) is 51.8 Å². The molecule has 1 aromatic carbocycles. The molecule has 2 aliphatic rings. The summed E-state index contributed by atoms with van der Waals surface area (Å²) in [6, 6.07) is 5.38. The zero-order chi connectivity index (χ0) is 22.7. The Kier molecular flexibility index (Phi) is 4.87. The maximum Gasteiger partial charge on any atom is 0.411 e. The number of nitrogens with zero attached hydrogens (tertiary/aromatic N) is 2. The lowest BCUT2D eigenvalue weighted by atomic mass is 9.69. The number of nitrogens with two attached hydrogens (primary N) is 2. The van der Waals surface area contributed by atoms with Gasteiger partial charge in [0.15, 0.2) is 0 Å². The van der Waals surface area contributed by atoms with E-state index in [0.29, 0.717) is 0 Å². The molecule has 0 amide bonds. The Bertz CT molecular complexity index is 1080. The topological polar surface area (TPSA) is 113 Å². The molecule has 0 aromatic heterocycles. The van der Waals surface area contributed by atoms with Crippen molar-refractivity contribution in [3.63, 3.8) is 0 Å². The van der Waals surface area contributed by atoms with E-state index in [1.807, 2.05) is 0 Å². The third-order valence-electron chi connectivity index (χ3n) is 5.17. The number of hydrogen-bond donors (Lipinski definition) is 2. The van der Waals surface area contributed by atoms with Crippen LogP contribution in [0.25, 0.3) is 0 Å². The molecule has 0 saturated heterocycles. The molecule has 0 atom stereocenters. The number of sulfonamides is 1. The van der Waals surface area contributed by atoms with Gasteiger partial charge in [-0.3, -0.25) is 4.90 Å². The SMILES string of the molecule is N#CC1=C(N)N(c2ccc(S(N)(=O)=O)cc2)C2=C(CCC2)C1(C(F)(F)F)C(F)(F)F. The Balaban J connectivity index is 2.32. The second kappa shape index (κ2) is 6.64. The van der Waals surface area contributed by atoms with Gasteiger partial charge < -0.3 is 5.73 Å². The van der Waals surface area contributed by atoms with Crippen molar-refractivity contribution >= 4 is 15.7 Å². The van der Waals surface area contributed by atoms with E-state index in [1.165, 1.54) is 0 Å². The third-order valence-corrected chi connectivity index (χ3v) is 6.10. The number of rotatable bonds is 2. The van der Waals surface area contributed by atoms with E-state index in [2.05, 4.69) is 0 Å². The van der Waals surface area contributed by atoms with Crippen molar-refractivity contribution in [2.45, 2.75) is 36.5 Å². The van der Waals surface area contributed by atoms with E-state index >= 15 is 0 Å². The van der Waals surface area contributed by atoms with Crippen LogP contribution in [-0.4, -0.2) is 20.8 Å². The highest BCUT2D eigenvalue weighted by Gasteiger charge is 2.77. The second-order valence-electron chi connectivity index (χ2n) is 6.77. The molecule has 3 rings (SSSR count). The summed E-state index contributed by atoms with van der Waals surface area (Å²) in [5.74, 6) is -1.02. The molecule has 0 unspecified atom stereocenters. The summed E-state index contributed by atoms with van der Waals surface area (Å²) in [6.45, 7) is 0. The first-order valence-corrected chi connectivity index (χ1v) is 9.91. The summed E-state index contributed by atoms with van der Waals surface area (Å²) in [7, 11) is -4.08. The normalized spacial score (nSPS) is 19.7. The number of alkyl halides is 6. The number of nitriles is 1. The molecule has 4 N–H and O–H groups in total. The highest BCUT2D eigenvalue weighted by atomic mass is 32.2. The molecule has 0 fully saturated rings. The van der Waals surface area contributed by atoms with Gasteiger partial charge in [0, 0.05) is 11.4 Å². The van der Waals surface area contributed by atoms with Crippen molar-refractivity contribution in [1.29, 1.82) is 5.26 Å². The summed E-state index contributed by atoms with van der Waals surface area (Å²) < 4.78 is 107. The van der Waals surface area contributed by atoms with Gasteiger partial charge in [-0.05, 0) is 49.1 Å². The standard InChI is InChI=1S/C17H14F6N4O2S/c18-16(19,20)15(17(21,22)23)11-2-1-3-13(11)27(14(25)12(15)8-24)9-4-6-10(7-5-9)30(26,28)29/h4-7H,1-3,25H2,(H2,26,28,29). The summed E-state index contributed by atoms with van der Waals surface area (Å²) >= 11 is 0. The van der Waals surface area contributed by atoms with Crippen LogP contribution >= 0.6 is 0 Å². The van der Waals surface area contributed by atoms with Gasteiger partial charge in [0.05, 0.1) is 10.5 Å². The van der Waals surface area contributed by atoms with Crippen molar-refractivity contribution in [2.24, 2.45) is 16.3 Å². The summed E-state index contributed by atoms with van der Waals surface area (Å²) in [6.07, 6.45) is -12.4. The van der Waals surface area contributed by atoms with Crippen molar-refractivity contribution in [1.82, 2.24) is 0 Å². The zero-order valence-electron chi connectivity index (χ0n) is 15.0. The molecule has 0 spiro atoms. The molecule has 162 valence electrons. The Morgan fingerprint density at radius 3 is 2.00 bits per heavy atom. The average Bonchev–Trinajstić information content (AvgIpc) is 3.06. The fourth-order valence-electron chi connectivity index (χ4n) is 3.99. The number of halogens is 6. The molecule has 13 heteroatoms. The van der Waals surface area contributed by atoms with E-state index in [-0.39, 0.29) is 29.1 Å². The molecule has 1 aliphatic carbocycles. The lowest BCUT2D eigenvalue weighted by molar-refractivity contribution is -0.310.